The normalized spacial score (nSPS) is 13.4. The minimum atomic E-state index is 0.761. The van der Waals surface area contributed by atoms with Gasteiger partial charge in [-0.25, -0.2) is 4.98 Å². The number of rotatable bonds is 4. The lowest BCUT2D eigenvalue weighted by molar-refractivity contribution is 0.484. The van der Waals surface area contributed by atoms with Crippen LogP contribution in [0.1, 0.15) is 0 Å². The van der Waals surface area contributed by atoms with Gasteiger partial charge in [-0.05, 0) is 47.2 Å². The van der Waals surface area contributed by atoms with E-state index in [0.717, 1.165) is 46.1 Å². The number of nitrogens with one attached hydrogen (secondary N) is 1. The number of aromatic nitrogens is 2. The van der Waals surface area contributed by atoms with Gasteiger partial charge in [-0.3, -0.25) is 4.57 Å². The molecular formula is C28H20N4O. The molecule has 0 atom stereocenters. The number of hydrogen-bond acceptors (Lipinski definition) is 4. The summed E-state index contributed by atoms with van der Waals surface area (Å²) in [5.41, 5.74) is 3.33. The highest BCUT2D eigenvalue weighted by Gasteiger charge is 2.18. The number of hydrogen-bond donors (Lipinski definition) is 1. The molecule has 0 saturated heterocycles. The highest BCUT2D eigenvalue weighted by atomic mass is 16.5. The monoisotopic (exact) mass is 428 g/mol. The fourth-order valence-corrected chi connectivity index (χ4v) is 4.84. The van der Waals surface area contributed by atoms with Crippen LogP contribution >= 0.6 is 0 Å². The average Bonchev–Trinajstić information content (AvgIpc) is 3.51. The Morgan fingerprint density at radius 3 is 2.55 bits per heavy atom. The Balaban J connectivity index is 1.42. The highest BCUT2D eigenvalue weighted by molar-refractivity contribution is 6.24. The van der Waals surface area contributed by atoms with E-state index in [-0.39, 0.29) is 0 Å². The lowest BCUT2D eigenvalue weighted by atomic mass is 10.0. The summed E-state index contributed by atoms with van der Waals surface area (Å²) in [5.74, 6) is 2.51. The quantitative estimate of drug-likeness (QED) is 0.330. The van der Waals surface area contributed by atoms with E-state index in [1.54, 1.807) is 0 Å². The third-order valence-corrected chi connectivity index (χ3v) is 6.27. The molecule has 1 aliphatic heterocycles. The van der Waals surface area contributed by atoms with E-state index in [1.165, 1.54) is 16.2 Å². The van der Waals surface area contributed by atoms with E-state index in [9.17, 15) is 0 Å². The standard InChI is InChI=1S/C28H20N4O/c1-2-12-30-26(9-1)32-24-8-3-5-19-10-11-20-15-23(17-25(32)28(20)27(19)24)33-22-7-4-6-21(16-22)31-14-13-29-18-31/h1-17,29H,18H2. The molecule has 5 heteroatoms. The second kappa shape index (κ2) is 7.00. The lowest BCUT2D eigenvalue weighted by Gasteiger charge is -2.16. The van der Waals surface area contributed by atoms with Crippen molar-refractivity contribution in [2.75, 3.05) is 11.6 Å². The van der Waals surface area contributed by atoms with Crippen LogP contribution in [0.5, 0.6) is 11.5 Å². The van der Waals surface area contributed by atoms with Gasteiger partial charge in [0.05, 0.1) is 17.7 Å². The maximum absolute atomic E-state index is 6.40. The van der Waals surface area contributed by atoms with Crippen molar-refractivity contribution in [3.8, 4) is 17.3 Å². The van der Waals surface area contributed by atoms with E-state index in [2.05, 4.69) is 74.4 Å². The Labute approximate surface area is 190 Å². The van der Waals surface area contributed by atoms with Crippen molar-refractivity contribution in [1.82, 2.24) is 14.9 Å². The summed E-state index contributed by atoms with van der Waals surface area (Å²) < 4.78 is 8.63. The van der Waals surface area contributed by atoms with E-state index >= 15 is 0 Å². The van der Waals surface area contributed by atoms with Crippen molar-refractivity contribution < 1.29 is 4.74 Å². The molecule has 2 aromatic heterocycles. The first-order chi connectivity index (χ1) is 16.3. The Morgan fingerprint density at radius 2 is 1.67 bits per heavy atom. The summed E-state index contributed by atoms with van der Waals surface area (Å²) in [4.78, 5) is 6.80. The maximum Gasteiger partial charge on any atom is 0.137 e. The molecule has 3 heterocycles. The molecule has 5 nitrogen and oxygen atoms in total. The SMILES string of the molecule is C1=CN(c2cccc(Oc3cc4ccc5cccc6c5c4c(c3)n6-c3ccccn3)c2)CN1. The molecule has 158 valence electrons. The second-order valence-electron chi connectivity index (χ2n) is 8.25. The van der Waals surface area contributed by atoms with Gasteiger partial charge in [0.15, 0.2) is 0 Å². The molecule has 33 heavy (non-hydrogen) atoms. The third kappa shape index (κ3) is 2.83. The van der Waals surface area contributed by atoms with E-state index < -0.39 is 0 Å². The van der Waals surface area contributed by atoms with Crippen molar-refractivity contribution in [3.05, 3.63) is 104 Å². The van der Waals surface area contributed by atoms with Crippen LogP contribution in [0.15, 0.2) is 104 Å². The van der Waals surface area contributed by atoms with Crippen molar-refractivity contribution in [2.45, 2.75) is 0 Å². The van der Waals surface area contributed by atoms with E-state index in [4.69, 9.17) is 4.74 Å². The summed E-state index contributed by atoms with van der Waals surface area (Å²) in [5, 5.41) is 8.09. The van der Waals surface area contributed by atoms with Crippen LogP contribution in [0.25, 0.3) is 38.4 Å². The number of benzene rings is 4. The van der Waals surface area contributed by atoms with Crippen LogP contribution in [0, 0.1) is 0 Å². The summed E-state index contributed by atoms with van der Waals surface area (Å²) in [6, 6.07) is 29.2. The Morgan fingerprint density at radius 1 is 0.758 bits per heavy atom. The van der Waals surface area contributed by atoms with Gasteiger partial charge in [-0.1, -0.05) is 36.4 Å². The molecule has 0 amide bonds. The molecule has 0 aliphatic carbocycles. The van der Waals surface area contributed by atoms with Crippen LogP contribution < -0.4 is 15.0 Å². The van der Waals surface area contributed by atoms with Gasteiger partial charge in [0.2, 0.25) is 0 Å². The van der Waals surface area contributed by atoms with Crippen LogP contribution in [-0.2, 0) is 0 Å². The van der Waals surface area contributed by atoms with Gasteiger partial charge < -0.3 is 15.0 Å². The number of nitrogens with zero attached hydrogens (tertiary/aromatic N) is 3. The zero-order valence-electron chi connectivity index (χ0n) is 17.8. The first-order valence-corrected chi connectivity index (χ1v) is 11.0. The molecule has 1 N–H and O–H groups in total. The molecule has 1 aliphatic rings. The van der Waals surface area contributed by atoms with Gasteiger partial charge in [0.1, 0.15) is 17.3 Å². The van der Waals surface area contributed by atoms with Crippen LogP contribution in [0.3, 0.4) is 0 Å². The molecular weight excluding hydrogens is 408 g/mol. The molecule has 0 radical (unpaired) electrons. The molecule has 0 bridgehead atoms. The largest absolute Gasteiger partial charge is 0.457 e. The van der Waals surface area contributed by atoms with Crippen LogP contribution in [-0.4, -0.2) is 16.2 Å². The van der Waals surface area contributed by atoms with Crippen molar-refractivity contribution in [1.29, 1.82) is 0 Å². The Bertz CT molecular complexity index is 1650. The van der Waals surface area contributed by atoms with Gasteiger partial charge in [0, 0.05) is 47.2 Å². The molecule has 0 unspecified atom stereocenters. The topological polar surface area (TPSA) is 42.3 Å². The van der Waals surface area contributed by atoms with Crippen molar-refractivity contribution in [3.63, 3.8) is 0 Å². The molecule has 7 rings (SSSR count). The molecule has 6 aromatic rings. The maximum atomic E-state index is 6.40. The third-order valence-electron chi connectivity index (χ3n) is 6.27. The molecule has 0 saturated carbocycles. The van der Waals surface area contributed by atoms with Gasteiger partial charge in [0.25, 0.3) is 0 Å². The number of anilines is 1. The Kier molecular flexibility index (Phi) is 3.84. The minimum Gasteiger partial charge on any atom is -0.457 e. The lowest BCUT2D eigenvalue weighted by Crippen LogP contribution is -2.19. The average molecular weight is 428 g/mol. The van der Waals surface area contributed by atoms with E-state index in [0.29, 0.717) is 0 Å². The fraction of sp³-hybridized carbons (Fsp3) is 0.0357. The number of ether oxygens (including phenoxy) is 1. The molecule has 0 spiro atoms. The first kappa shape index (κ1) is 18.1. The zero-order chi connectivity index (χ0) is 21.8. The second-order valence-corrected chi connectivity index (χ2v) is 8.25. The van der Waals surface area contributed by atoms with Gasteiger partial charge in [-0.15, -0.1) is 0 Å². The zero-order valence-corrected chi connectivity index (χ0v) is 17.8. The highest BCUT2D eigenvalue weighted by Crippen LogP contribution is 2.41. The number of pyridine rings is 1. The van der Waals surface area contributed by atoms with Crippen LogP contribution in [0.4, 0.5) is 5.69 Å². The summed E-state index contributed by atoms with van der Waals surface area (Å²) in [6.45, 7) is 0.761. The fourth-order valence-electron chi connectivity index (χ4n) is 4.84. The molecule has 4 aromatic carbocycles. The van der Waals surface area contributed by atoms with Gasteiger partial charge >= 0.3 is 0 Å². The predicted molar refractivity (Wildman–Crippen MR) is 133 cm³/mol. The minimum absolute atomic E-state index is 0.761. The first-order valence-electron chi connectivity index (χ1n) is 11.0. The predicted octanol–water partition coefficient (Wildman–Crippen LogP) is 6.40. The summed E-state index contributed by atoms with van der Waals surface area (Å²) >= 11 is 0. The van der Waals surface area contributed by atoms with E-state index in [1.807, 2.05) is 48.9 Å². The van der Waals surface area contributed by atoms with Gasteiger partial charge in [-0.2, -0.15) is 0 Å². The molecule has 0 fully saturated rings. The smallest absolute Gasteiger partial charge is 0.137 e. The Hall–Kier alpha value is -4.51. The van der Waals surface area contributed by atoms with Crippen molar-refractivity contribution >= 4 is 38.3 Å². The summed E-state index contributed by atoms with van der Waals surface area (Å²) in [7, 11) is 0. The summed E-state index contributed by atoms with van der Waals surface area (Å²) in [6.07, 6.45) is 5.81. The van der Waals surface area contributed by atoms with Crippen LogP contribution in [0.2, 0.25) is 0 Å². The van der Waals surface area contributed by atoms with Crippen molar-refractivity contribution in [2.24, 2.45) is 0 Å².